The zero-order chi connectivity index (χ0) is 27.3. The van der Waals surface area contributed by atoms with Gasteiger partial charge in [-0.15, -0.1) is 0 Å². The third-order valence-corrected chi connectivity index (χ3v) is 2.83. The molecule has 0 nitrogen and oxygen atoms in total. The van der Waals surface area contributed by atoms with Gasteiger partial charge in [-0.1, -0.05) is 107 Å². The monoisotopic (exact) mass is 513 g/mol. The van der Waals surface area contributed by atoms with Crippen molar-refractivity contribution in [3.8, 4) is 0 Å². The van der Waals surface area contributed by atoms with Crippen molar-refractivity contribution in [3.63, 3.8) is 0 Å². The molecule has 0 saturated heterocycles. The van der Waals surface area contributed by atoms with Crippen LogP contribution in [-0.4, -0.2) is 0 Å². The maximum atomic E-state index is 3.60. The normalized spacial score (nSPS) is 7.27. The summed E-state index contributed by atoms with van der Waals surface area (Å²) >= 11 is 0. The number of hydrogen-bond donors (Lipinski definition) is 0. The molecule has 0 saturated carbocycles. The molecule has 0 aromatic rings. The summed E-state index contributed by atoms with van der Waals surface area (Å²) in [7, 11) is 0. The van der Waals surface area contributed by atoms with Gasteiger partial charge in [-0.05, 0) is 0 Å². The van der Waals surface area contributed by atoms with Gasteiger partial charge in [0.25, 0.3) is 0 Å². The van der Waals surface area contributed by atoms with Crippen molar-refractivity contribution in [2.24, 2.45) is 0 Å². The van der Waals surface area contributed by atoms with Crippen LogP contribution in [0.15, 0.2) is 0 Å². The van der Waals surface area contributed by atoms with E-state index < -0.39 is 0 Å². The Balaban J connectivity index is -0.0000000284. The third kappa shape index (κ3) is 417. The second kappa shape index (κ2) is 118. The van der Waals surface area contributed by atoms with E-state index in [1.807, 2.05) is 0 Å². The fourth-order valence-electron chi connectivity index (χ4n) is 0. The van der Waals surface area contributed by atoms with Crippen LogP contribution in [-0.2, 0) is 17.1 Å². The number of hydrogen-bond acceptors (Lipinski definition) is 0. The molecule has 0 bridgehead atoms. The Bertz CT molecular complexity index is 70.5. The summed E-state index contributed by atoms with van der Waals surface area (Å²) in [6.07, 6.45) is 18.2. The van der Waals surface area contributed by atoms with E-state index in [2.05, 4.69) is 111 Å². The van der Waals surface area contributed by atoms with E-state index in [9.17, 15) is 0 Å². The smallest absolute Gasteiger partial charge is 0 e. The van der Waals surface area contributed by atoms with Crippen LogP contribution < -0.4 is 0 Å². The summed E-state index contributed by atoms with van der Waals surface area (Å²) in [5, 5.41) is 0. The summed E-state index contributed by atoms with van der Waals surface area (Å²) in [4.78, 5) is 0. The molecule has 0 rings (SSSR count). The van der Waals surface area contributed by atoms with Crippen molar-refractivity contribution < 1.29 is 17.1 Å². The van der Waals surface area contributed by atoms with Crippen molar-refractivity contribution >= 4 is 0 Å². The van der Waals surface area contributed by atoms with Crippen molar-refractivity contribution in [3.05, 3.63) is 55.4 Å². The standard InChI is InChI=1S/8C4H9.Fe/c8*1-3-4-2;/h8*1,3-4H2,2H3;/q8*-1;. The van der Waals surface area contributed by atoms with Gasteiger partial charge in [0.15, 0.2) is 0 Å². The van der Waals surface area contributed by atoms with Crippen molar-refractivity contribution in [2.75, 3.05) is 0 Å². The van der Waals surface area contributed by atoms with Crippen molar-refractivity contribution in [1.82, 2.24) is 0 Å². The van der Waals surface area contributed by atoms with Crippen LogP contribution in [0.1, 0.15) is 158 Å². The molecular formula is C32H72Fe-8. The van der Waals surface area contributed by atoms with Crippen LogP contribution in [0.2, 0.25) is 0 Å². The average molecular weight is 513 g/mol. The molecule has 0 atom stereocenters. The second-order valence-electron chi connectivity index (χ2n) is 6.83. The first-order valence-corrected chi connectivity index (χ1v) is 13.7. The zero-order valence-corrected chi connectivity index (χ0v) is 26.4. The maximum Gasteiger partial charge on any atom is 0 e. The topological polar surface area (TPSA) is 0 Å². The molecular weight excluding hydrogens is 440 g/mol. The Hall–Kier alpha value is 0.519. The van der Waals surface area contributed by atoms with Crippen molar-refractivity contribution in [2.45, 2.75) is 158 Å². The predicted octanol–water partition coefficient (Wildman–Crippen LogP) is 13.0. The molecule has 0 aliphatic carbocycles. The van der Waals surface area contributed by atoms with E-state index in [1.54, 1.807) is 0 Å². The summed E-state index contributed by atoms with van der Waals surface area (Å²) < 4.78 is 0. The first-order valence-electron chi connectivity index (χ1n) is 13.7. The van der Waals surface area contributed by atoms with Gasteiger partial charge >= 0.3 is 0 Å². The quantitative estimate of drug-likeness (QED) is 0.224. The van der Waals surface area contributed by atoms with Gasteiger partial charge in [-0.2, -0.15) is 51.4 Å². The Morgan fingerprint density at radius 1 is 0.242 bits per heavy atom. The van der Waals surface area contributed by atoms with Crippen LogP contribution in [0.3, 0.4) is 0 Å². The van der Waals surface area contributed by atoms with Gasteiger partial charge in [0.1, 0.15) is 0 Å². The van der Waals surface area contributed by atoms with Crippen LogP contribution >= 0.6 is 0 Å². The van der Waals surface area contributed by atoms with E-state index >= 15 is 0 Å². The maximum absolute atomic E-state index is 3.60. The molecule has 0 aliphatic heterocycles. The third-order valence-electron chi connectivity index (χ3n) is 2.83. The molecule has 0 unspecified atom stereocenters. The molecule has 0 fully saturated rings. The molecule has 0 amide bonds. The predicted molar refractivity (Wildman–Crippen MR) is 162 cm³/mol. The summed E-state index contributed by atoms with van der Waals surface area (Å²) in [6.45, 7) is 45.8. The first kappa shape index (κ1) is 59.0. The van der Waals surface area contributed by atoms with Crippen molar-refractivity contribution in [1.29, 1.82) is 0 Å². The number of rotatable bonds is 8. The average Bonchev–Trinajstić information content (AvgIpc) is 2.89. The van der Waals surface area contributed by atoms with E-state index in [-0.39, 0.29) is 17.1 Å². The molecule has 1 heteroatoms. The van der Waals surface area contributed by atoms with Gasteiger partial charge in [-0.25, -0.2) is 0 Å². The molecule has 33 heavy (non-hydrogen) atoms. The number of unbranched alkanes of at least 4 members (excludes halogenated alkanes) is 8. The van der Waals surface area contributed by atoms with Gasteiger partial charge in [0.2, 0.25) is 0 Å². The SMILES string of the molecule is [CH2-]CCC.[CH2-]CCC.[CH2-]CCC.[CH2-]CCC.[CH2-]CCC.[CH2-]CCC.[CH2-]CCC.[CH2-]CCC.[Fe]. The Kier molecular flexibility index (Phi) is 212. The zero-order valence-electron chi connectivity index (χ0n) is 25.3. The van der Waals surface area contributed by atoms with Gasteiger partial charge < -0.3 is 55.4 Å². The fraction of sp³-hybridized carbons (Fsp3) is 0.750. The van der Waals surface area contributed by atoms with E-state index in [1.165, 1.54) is 51.4 Å². The van der Waals surface area contributed by atoms with Gasteiger partial charge in [-0.3, -0.25) is 0 Å². The molecule has 0 spiro atoms. The molecule has 0 aromatic heterocycles. The van der Waals surface area contributed by atoms with Crippen LogP contribution in [0.4, 0.5) is 0 Å². The van der Waals surface area contributed by atoms with Gasteiger partial charge in [0.05, 0.1) is 0 Å². The van der Waals surface area contributed by atoms with E-state index in [0.717, 1.165) is 51.4 Å². The molecule has 0 radical (unpaired) electrons. The Morgan fingerprint density at radius 3 is 0.273 bits per heavy atom. The van der Waals surface area contributed by atoms with E-state index in [0.29, 0.717) is 0 Å². The summed E-state index contributed by atoms with van der Waals surface area (Å²) in [5.74, 6) is 0. The summed E-state index contributed by atoms with van der Waals surface area (Å²) in [6, 6.07) is 0. The van der Waals surface area contributed by atoms with Crippen LogP contribution in [0.25, 0.3) is 0 Å². The largest absolute Gasteiger partial charge is 0.343 e. The minimum Gasteiger partial charge on any atom is -0.343 e. The Labute approximate surface area is 230 Å². The van der Waals surface area contributed by atoms with Gasteiger partial charge in [0, 0.05) is 17.1 Å². The molecule has 216 valence electrons. The second-order valence-corrected chi connectivity index (χ2v) is 6.83. The summed E-state index contributed by atoms with van der Waals surface area (Å²) in [5.41, 5.74) is 0. The Morgan fingerprint density at radius 2 is 0.273 bits per heavy atom. The molecule has 0 N–H and O–H groups in total. The van der Waals surface area contributed by atoms with Crippen LogP contribution in [0.5, 0.6) is 0 Å². The molecule has 0 aromatic carbocycles. The minimum atomic E-state index is 0. The fourth-order valence-corrected chi connectivity index (χ4v) is 0. The van der Waals surface area contributed by atoms with E-state index in [4.69, 9.17) is 0 Å². The first-order chi connectivity index (χ1) is 15.3. The molecule has 0 heterocycles. The van der Waals surface area contributed by atoms with Crippen LogP contribution in [0, 0.1) is 55.4 Å². The minimum absolute atomic E-state index is 0. The molecule has 0 aliphatic rings.